The molecule has 0 heterocycles. The van der Waals surface area contributed by atoms with E-state index >= 15 is 0 Å². The van der Waals surface area contributed by atoms with Gasteiger partial charge >= 0.3 is 5.97 Å². The van der Waals surface area contributed by atoms with Crippen LogP contribution in [-0.2, 0) is 9.59 Å². The van der Waals surface area contributed by atoms with Crippen molar-refractivity contribution in [3.63, 3.8) is 0 Å². The molecule has 0 radical (unpaired) electrons. The van der Waals surface area contributed by atoms with Gasteiger partial charge in [-0.15, -0.1) is 0 Å². The summed E-state index contributed by atoms with van der Waals surface area (Å²) in [5.74, 6) is -1.43. The lowest BCUT2D eigenvalue weighted by atomic mass is 9.87. The maximum atomic E-state index is 11.7. The molecule has 0 bridgehead atoms. The molecule has 0 saturated carbocycles. The van der Waals surface area contributed by atoms with Crippen LogP contribution in [0.2, 0.25) is 0 Å². The SMILES string of the molecule is CCC[C@@H](NC(=O)[C@H](N)C(C)(C)C)C(=O)O. The van der Waals surface area contributed by atoms with E-state index in [2.05, 4.69) is 5.32 Å². The fraction of sp³-hybridized carbons (Fsp3) is 0.818. The van der Waals surface area contributed by atoms with Crippen LogP contribution < -0.4 is 11.1 Å². The van der Waals surface area contributed by atoms with Crippen LogP contribution in [-0.4, -0.2) is 29.1 Å². The third-order valence-corrected chi connectivity index (χ3v) is 2.41. The minimum absolute atomic E-state index is 0.376. The predicted octanol–water partition coefficient (Wildman–Crippen LogP) is 0.729. The number of carboxylic acids is 1. The molecule has 0 aliphatic carbocycles. The zero-order chi connectivity index (χ0) is 12.9. The van der Waals surface area contributed by atoms with Crippen LogP contribution >= 0.6 is 0 Å². The summed E-state index contributed by atoms with van der Waals surface area (Å²) in [4.78, 5) is 22.5. The van der Waals surface area contributed by atoms with Gasteiger partial charge in [-0.3, -0.25) is 4.79 Å². The highest BCUT2D eigenvalue weighted by atomic mass is 16.4. The van der Waals surface area contributed by atoms with Crippen LogP contribution in [0.5, 0.6) is 0 Å². The Morgan fingerprint density at radius 1 is 1.38 bits per heavy atom. The van der Waals surface area contributed by atoms with Gasteiger partial charge in [-0.2, -0.15) is 0 Å². The van der Waals surface area contributed by atoms with Crippen molar-refractivity contribution in [2.75, 3.05) is 0 Å². The highest BCUT2D eigenvalue weighted by Crippen LogP contribution is 2.17. The molecule has 94 valence electrons. The second-order valence-corrected chi connectivity index (χ2v) is 5.03. The Morgan fingerprint density at radius 3 is 2.19 bits per heavy atom. The molecule has 0 aliphatic rings. The first-order valence-electron chi connectivity index (χ1n) is 5.49. The van der Waals surface area contributed by atoms with Crippen molar-refractivity contribution in [2.45, 2.75) is 52.6 Å². The van der Waals surface area contributed by atoms with Crippen molar-refractivity contribution in [3.05, 3.63) is 0 Å². The summed E-state index contributed by atoms with van der Waals surface area (Å²) >= 11 is 0. The van der Waals surface area contributed by atoms with Crippen LogP contribution in [0.4, 0.5) is 0 Å². The molecule has 0 aromatic heterocycles. The third kappa shape index (κ3) is 4.61. The molecule has 0 fully saturated rings. The molecule has 16 heavy (non-hydrogen) atoms. The maximum Gasteiger partial charge on any atom is 0.326 e. The Labute approximate surface area is 96.4 Å². The summed E-state index contributed by atoms with van der Waals surface area (Å²) in [6.45, 7) is 7.39. The lowest BCUT2D eigenvalue weighted by Gasteiger charge is -2.27. The quantitative estimate of drug-likeness (QED) is 0.649. The lowest BCUT2D eigenvalue weighted by Crippen LogP contribution is -2.53. The number of aliphatic carboxylic acids is 1. The number of nitrogens with two attached hydrogens (primary N) is 1. The van der Waals surface area contributed by atoms with Crippen LogP contribution in [0.15, 0.2) is 0 Å². The zero-order valence-corrected chi connectivity index (χ0v) is 10.4. The van der Waals surface area contributed by atoms with E-state index in [1.54, 1.807) is 0 Å². The molecule has 0 aromatic rings. The molecule has 5 heteroatoms. The third-order valence-electron chi connectivity index (χ3n) is 2.41. The van der Waals surface area contributed by atoms with E-state index in [1.807, 2.05) is 27.7 Å². The highest BCUT2D eigenvalue weighted by Gasteiger charge is 2.30. The van der Waals surface area contributed by atoms with Gasteiger partial charge < -0.3 is 16.2 Å². The van der Waals surface area contributed by atoms with Gasteiger partial charge in [-0.05, 0) is 11.8 Å². The number of rotatable bonds is 5. The molecule has 0 rings (SSSR count). The Kier molecular flexibility index (Phi) is 5.44. The van der Waals surface area contributed by atoms with Crippen molar-refractivity contribution in [1.29, 1.82) is 0 Å². The number of nitrogens with one attached hydrogen (secondary N) is 1. The van der Waals surface area contributed by atoms with Gasteiger partial charge in [0, 0.05) is 0 Å². The number of amides is 1. The number of carboxylic acid groups (broad SMARTS) is 1. The second kappa shape index (κ2) is 5.84. The monoisotopic (exact) mass is 230 g/mol. The summed E-state index contributed by atoms with van der Waals surface area (Å²) in [7, 11) is 0. The number of carbonyl (C=O) groups is 2. The first-order valence-corrected chi connectivity index (χ1v) is 5.49. The Bertz CT molecular complexity index is 258. The van der Waals surface area contributed by atoms with Crippen molar-refractivity contribution in [1.82, 2.24) is 5.32 Å². The van der Waals surface area contributed by atoms with Gasteiger partial charge in [0.15, 0.2) is 0 Å². The smallest absolute Gasteiger partial charge is 0.326 e. The summed E-state index contributed by atoms with van der Waals surface area (Å²) in [5.41, 5.74) is 5.36. The molecule has 0 aliphatic heterocycles. The molecule has 0 spiro atoms. The van der Waals surface area contributed by atoms with Gasteiger partial charge in [0.25, 0.3) is 0 Å². The van der Waals surface area contributed by atoms with Gasteiger partial charge in [-0.1, -0.05) is 34.1 Å². The average Bonchev–Trinajstić information content (AvgIpc) is 2.14. The van der Waals surface area contributed by atoms with Crippen molar-refractivity contribution < 1.29 is 14.7 Å². The maximum absolute atomic E-state index is 11.7. The van der Waals surface area contributed by atoms with E-state index < -0.39 is 24.0 Å². The normalized spacial score (nSPS) is 15.3. The molecular formula is C11H22N2O3. The first-order chi connectivity index (χ1) is 7.20. The fourth-order valence-electron chi connectivity index (χ4n) is 1.20. The fourth-order valence-corrected chi connectivity index (χ4v) is 1.20. The van der Waals surface area contributed by atoms with E-state index in [1.165, 1.54) is 0 Å². The van der Waals surface area contributed by atoms with Crippen LogP contribution in [0.3, 0.4) is 0 Å². The van der Waals surface area contributed by atoms with Crippen molar-refractivity contribution in [2.24, 2.45) is 11.1 Å². The first kappa shape index (κ1) is 14.9. The van der Waals surface area contributed by atoms with E-state index in [-0.39, 0.29) is 5.41 Å². The molecule has 1 amide bonds. The van der Waals surface area contributed by atoms with Gasteiger partial charge in [0.2, 0.25) is 5.91 Å². The Hall–Kier alpha value is -1.10. The van der Waals surface area contributed by atoms with Crippen LogP contribution in [0, 0.1) is 5.41 Å². The average molecular weight is 230 g/mol. The summed E-state index contributed by atoms with van der Waals surface area (Å²) in [6.07, 6.45) is 1.11. The van der Waals surface area contributed by atoms with E-state index in [0.29, 0.717) is 12.8 Å². The topological polar surface area (TPSA) is 92.4 Å². The lowest BCUT2D eigenvalue weighted by molar-refractivity contribution is -0.142. The number of hydrogen-bond donors (Lipinski definition) is 3. The molecule has 0 saturated heterocycles. The molecule has 4 N–H and O–H groups in total. The predicted molar refractivity (Wildman–Crippen MR) is 61.9 cm³/mol. The van der Waals surface area contributed by atoms with Gasteiger partial charge in [0.05, 0.1) is 6.04 Å². The second-order valence-electron chi connectivity index (χ2n) is 5.03. The summed E-state index contributed by atoms with van der Waals surface area (Å²) in [5, 5.41) is 11.3. The molecule has 0 aromatic carbocycles. The van der Waals surface area contributed by atoms with E-state index in [0.717, 1.165) is 0 Å². The summed E-state index contributed by atoms with van der Waals surface area (Å²) < 4.78 is 0. The van der Waals surface area contributed by atoms with Crippen LogP contribution in [0.1, 0.15) is 40.5 Å². The largest absolute Gasteiger partial charge is 0.480 e. The zero-order valence-electron chi connectivity index (χ0n) is 10.4. The molecule has 2 atom stereocenters. The number of carbonyl (C=O) groups excluding carboxylic acids is 1. The van der Waals surface area contributed by atoms with Gasteiger partial charge in [0.1, 0.15) is 6.04 Å². The standard InChI is InChI=1S/C11H22N2O3/c1-5-6-7(10(15)16)13-9(14)8(12)11(2,3)4/h7-8H,5-6,12H2,1-4H3,(H,13,14)(H,15,16)/t7-,8+/m1/s1. The Morgan fingerprint density at radius 2 is 1.88 bits per heavy atom. The minimum Gasteiger partial charge on any atom is -0.480 e. The van der Waals surface area contributed by atoms with E-state index in [4.69, 9.17) is 10.8 Å². The molecular weight excluding hydrogens is 208 g/mol. The molecule has 0 unspecified atom stereocenters. The minimum atomic E-state index is -1.02. The van der Waals surface area contributed by atoms with Crippen molar-refractivity contribution in [3.8, 4) is 0 Å². The summed E-state index contributed by atoms with van der Waals surface area (Å²) in [6, 6.07) is -1.54. The highest BCUT2D eigenvalue weighted by molar-refractivity contribution is 5.87. The van der Waals surface area contributed by atoms with Crippen LogP contribution in [0.25, 0.3) is 0 Å². The Balaban J connectivity index is 4.46. The van der Waals surface area contributed by atoms with Gasteiger partial charge in [-0.25, -0.2) is 4.79 Å². The molecule has 5 nitrogen and oxygen atoms in total. The number of hydrogen-bond acceptors (Lipinski definition) is 3. The van der Waals surface area contributed by atoms with E-state index in [9.17, 15) is 9.59 Å². The van der Waals surface area contributed by atoms with Crippen molar-refractivity contribution >= 4 is 11.9 Å².